The third kappa shape index (κ3) is 6.83. The quantitative estimate of drug-likeness (QED) is 0.309. The number of ketones is 1. The predicted molar refractivity (Wildman–Crippen MR) is 158 cm³/mol. The van der Waals surface area contributed by atoms with E-state index in [0.717, 1.165) is 0 Å². The molecular formula is C28H32Cl4N2O4S. The Morgan fingerprint density at radius 2 is 1.56 bits per heavy atom. The minimum atomic E-state index is -4.39. The number of benzene rings is 2. The van der Waals surface area contributed by atoms with Crippen LogP contribution >= 0.6 is 46.4 Å². The van der Waals surface area contributed by atoms with Gasteiger partial charge in [0.2, 0.25) is 15.9 Å². The van der Waals surface area contributed by atoms with Crippen molar-refractivity contribution >= 4 is 68.1 Å². The number of carbonyl (C=O) groups is 2. The van der Waals surface area contributed by atoms with E-state index >= 15 is 0 Å². The fraction of sp³-hybridized carbons (Fsp3) is 0.429. The molecule has 2 aromatic rings. The fourth-order valence-corrected chi connectivity index (χ4v) is 8.17. The molecule has 3 rings (SSSR count). The van der Waals surface area contributed by atoms with Gasteiger partial charge in [0.05, 0.1) is 26.1 Å². The molecule has 1 aliphatic rings. The van der Waals surface area contributed by atoms with Crippen LogP contribution in [0.4, 0.5) is 0 Å². The lowest BCUT2D eigenvalue weighted by Gasteiger charge is -2.37. The standard InChI is InChI=1S/C28H32Cl4N2O4S/c1-15(2)11-17(27(33)36)13-23(35)18-14-24(28(3,4)5)34(25(18)16-9-10-19(29)22(32)12-16)39(37,38)26-20(30)7-6-8-21(26)31/h6-10,12,14-15,17,24-25H,11,13H2,1-5H3,(H2,33,36)/t17-,24+,25+/m1/s1. The first kappa shape index (κ1) is 31.9. The molecule has 0 saturated carbocycles. The van der Waals surface area contributed by atoms with Gasteiger partial charge in [-0.2, -0.15) is 4.31 Å². The van der Waals surface area contributed by atoms with Gasteiger partial charge in [0.1, 0.15) is 4.90 Å². The van der Waals surface area contributed by atoms with Crippen LogP contribution in [0.5, 0.6) is 0 Å². The van der Waals surface area contributed by atoms with Crippen LogP contribution in [0.25, 0.3) is 0 Å². The molecule has 1 aliphatic heterocycles. The summed E-state index contributed by atoms with van der Waals surface area (Å²) in [5.74, 6) is -1.54. The van der Waals surface area contributed by atoms with E-state index in [1.165, 1.54) is 22.5 Å². The summed E-state index contributed by atoms with van der Waals surface area (Å²) in [5, 5.41) is 0.377. The Bertz CT molecular complexity index is 1400. The van der Waals surface area contributed by atoms with Gasteiger partial charge in [0.15, 0.2) is 5.78 Å². The number of nitrogens with zero attached hydrogens (tertiary/aromatic N) is 1. The lowest BCUT2D eigenvalue weighted by Crippen LogP contribution is -2.45. The monoisotopic (exact) mass is 632 g/mol. The van der Waals surface area contributed by atoms with Gasteiger partial charge >= 0.3 is 0 Å². The molecule has 0 saturated heterocycles. The molecule has 6 nitrogen and oxygen atoms in total. The molecule has 2 N–H and O–H groups in total. The number of rotatable bonds is 9. The molecule has 0 radical (unpaired) electrons. The zero-order valence-electron chi connectivity index (χ0n) is 22.3. The van der Waals surface area contributed by atoms with Crippen molar-refractivity contribution in [3.63, 3.8) is 0 Å². The molecule has 0 aromatic heterocycles. The van der Waals surface area contributed by atoms with Crippen molar-refractivity contribution < 1.29 is 18.0 Å². The Morgan fingerprint density at radius 1 is 0.974 bits per heavy atom. The van der Waals surface area contributed by atoms with Crippen molar-refractivity contribution in [1.29, 1.82) is 0 Å². The summed E-state index contributed by atoms with van der Waals surface area (Å²) < 4.78 is 30.0. The normalized spacial score (nSPS) is 19.3. The van der Waals surface area contributed by atoms with Gasteiger partial charge in [-0.1, -0.05) is 99.2 Å². The summed E-state index contributed by atoms with van der Waals surface area (Å²) in [6.45, 7) is 9.48. The first-order valence-electron chi connectivity index (χ1n) is 12.4. The molecule has 0 unspecified atom stereocenters. The van der Waals surface area contributed by atoms with Gasteiger partial charge in [0.25, 0.3) is 0 Å². The van der Waals surface area contributed by atoms with Gasteiger partial charge < -0.3 is 5.73 Å². The van der Waals surface area contributed by atoms with Gasteiger partial charge in [-0.3, -0.25) is 9.59 Å². The van der Waals surface area contributed by atoms with Crippen LogP contribution in [0.1, 0.15) is 59.1 Å². The molecule has 11 heteroatoms. The highest BCUT2D eigenvalue weighted by Crippen LogP contribution is 2.49. The lowest BCUT2D eigenvalue weighted by atomic mass is 9.86. The summed E-state index contributed by atoms with van der Waals surface area (Å²) in [4.78, 5) is 25.8. The van der Waals surface area contributed by atoms with E-state index in [0.29, 0.717) is 12.0 Å². The van der Waals surface area contributed by atoms with Crippen LogP contribution in [-0.4, -0.2) is 30.5 Å². The number of nitrogens with two attached hydrogens (primary N) is 1. The van der Waals surface area contributed by atoms with Gasteiger partial charge in [-0.25, -0.2) is 8.42 Å². The summed E-state index contributed by atoms with van der Waals surface area (Å²) >= 11 is 25.3. The highest BCUT2D eigenvalue weighted by molar-refractivity contribution is 7.89. The Balaban J connectivity index is 2.27. The Hall–Kier alpha value is -1.61. The van der Waals surface area contributed by atoms with Crippen LogP contribution in [0.2, 0.25) is 20.1 Å². The Labute approximate surface area is 250 Å². The molecular weight excluding hydrogens is 602 g/mol. The number of carbonyl (C=O) groups excluding carboxylic acids is 2. The summed E-state index contributed by atoms with van der Waals surface area (Å²) in [6.07, 6.45) is 1.92. The average molecular weight is 634 g/mol. The highest BCUT2D eigenvalue weighted by Gasteiger charge is 2.50. The highest BCUT2D eigenvalue weighted by atomic mass is 35.5. The zero-order valence-corrected chi connectivity index (χ0v) is 26.2. The smallest absolute Gasteiger partial charge is 0.247 e. The van der Waals surface area contributed by atoms with Crippen LogP contribution in [0.3, 0.4) is 0 Å². The second-order valence-corrected chi connectivity index (χ2v) is 14.7. The number of hydrogen-bond acceptors (Lipinski definition) is 4. The summed E-state index contributed by atoms with van der Waals surface area (Å²) in [6, 6.07) is 7.30. The number of hydrogen-bond donors (Lipinski definition) is 1. The van der Waals surface area contributed by atoms with Gasteiger partial charge in [-0.05, 0) is 47.6 Å². The first-order valence-corrected chi connectivity index (χ1v) is 15.4. The Kier molecular flexibility index (Phi) is 9.90. The number of halogens is 4. The van der Waals surface area contributed by atoms with Crippen molar-refractivity contribution in [3.8, 4) is 0 Å². The van der Waals surface area contributed by atoms with Crippen LogP contribution in [-0.2, 0) is 19.6 Å². The van der Waals surface area contributed by atoms with Gasteiger partial charge in [-0.15, -0.1) is 0 Å². The Morgan fingerprint density at radius 3 is 2.05 bits per heavy atom. The van der Waals surface area contributed by atoms with Crippen molar-refractivity contribution in [2.45, 2.75) is 64.4 Å². The number of sulfonamides is 1. The van der Waals surface area contributed by atoms with Crippen LogP contribution in [0.15, 0.2) is 52.9 Å². The average Bonchev–Trinajstić information content (AvgIpc) is 3.22. The van der Waals surface area contributed by atoms with E-state index in [2.05, 4.69) is 0 Å². The van der Waals surface area contributed by atoms with E-state index in [1.807, 2.05) is 34.6 Å². The maximum atomic E-state index is 14.4. The summed E-state index contributed by atoms with van der Waals surface area (Å²) in [7, 11) is -4.39. The first-order chi connectivity index (χ1) is 18.0. The molecule has 2 aromatic carbocycles. The molecule has 3 atom stereocenters. The van der Waals surface area contributed by atoms with Crippen molar-refractivity contribution in [2.24, 2.45) is 23.0 Å². The van der Waals surface area contributed by atoms with Gasteiger partial charge in [0, 0.05) is 24.0 Å². The molecule has 1 heterocycles. The molecule has 0 aliphatic carbocycles. The second-order valence-electron chi connectivity index (χ2n) is 11.3. The maximum Gasteiger partial charge on any atom is 0.247 e. The molecule has 0 spiro atoms. The third-order valence-electron chi connectivity index (χ3n) is 6.67. The van der Waals surface area contributed by atoms with Crippen molar-refractivity contribution in [2.75, 3.05) is 0 Å². The molecule has 1 amide bonds. The third-order valence-corrected chi connectivity index (χ3v) is 10.2. The zero-order chi connectivity index (χ0) is 29.4. The number of primary amides is 1. The number of Topliss-reactive ketones (excluding diaryl/α,β-unsaturated/α-hetero) is 1. The van der Waals surface area contributed by atoms with Crippen molar-refractivity contribution in [1.82, 2.24) is 4.31 Å². The molecule has 39 heavy (non-hydrogen) atoms. The van der Waals surface area contributed by atoms with E-state index in [4.69, 9.17) is 52.1 Å². The second kappa shape index (κ2) is 12.1. The largest absolute Gasteiger partial charge is 0.369 e. The van der Waals surface area contributed by atoms with E-state index in [9.17, 15) is 18.0 Å². The topological polar surface area (TPSA) is 97.5 Å². The number of amides is 1. The maximum absolute atomic E-state index is 14.4. The lowest BCUT2D eigenvalue weighted by molar-refractivity contribution is -0.126. The molecule has 0 fully saturated rings. The van der Waals surface area contributed by atoms with E-state index in [-0.39, 0.29) is 48.7 Å². The minimum absolute atomic E-state index is 0.0476. The molecule has 212 valence electrons. The summed E-state index contributed by atoms with van der Waals surface area (Å²) in [5.41, 5.74) is 5.63. The van der Waals surface area contributed by atoms with Crippen molar-refractivity contribution in [3.05, 3.63) is 73.7 Å². The van der Waals surface area contributed by atoms with E-state index in [1.54, 1.807) is 24.3 Å². The van der Waals surface area contributed by atoms with E-state index < -0.39 is 39.3 Å². The SMILES string of the molecule is CC(C)C[C@H](CC(=O)C1=C[C@@H](C(C)(C)C)N(S(=O)(=O)c2c(Cl)cccc2Cl)[C@H]1c1ccc(Cl)c(Cl)c1)C(N)=O. The minimum Gasteiger partial charge on any atom is -0.369 e. The predicted octanol–water partition coefficient (Wildman–Crippen LogP) is 7.49. The van der Waals surface area contributed by atoms with Crippen LogP contribution < -0.4 is 5.73 Å². The fourth-order valence-electron chi connectivity index (χ4n) is 4.85. The molecule has 0 bridgehead atoms. The van der Waals surface area contributed by atoms with Crippen LogP contribution in [0, 0.1) is 17.3 Å².